The molecule has 0 aliphatic rings. The van der Waals surface area contributed by atoms with Crippen LogP contribution in [0.25, 0.3) is 0 Å². The first-order chi connectivity index (χ1) is 5.15. The summed E-state index contributed by atoms with van der Waals surface area (Å²) in [6.07, 6.45) is 0. The Bertz CT molecular complexity index is 328. The summed E-state index contributed by atoms with van der Waals surface area (Å²) in [7, 11) is 0. The molecule has 0 fully saturated rings. The van der Waals surface area contributed by atoms with Crippen LogP contribution in [0.5, 0.6) is 0 Å². The zero-order valence-electron chi connectivity index (χ0n) is 5.44. The van der Waals surface area contributed by atoms with Crippen LogP contribution < -0.4 is 5.73 Å². The van der Waals surface area contributed by atoms with Crippen molar-refractivity contribution in [1.29, 1.82) is 5.26 Å². The number of anilines is 1. The molecule has 0 bridgehead atoms. The Kier molecular flexibility index (Phi) is 2.23. The third-order valence-electron chi connectivity index (χ3n) is 1.21. The number of rotatable bonds is 0. The SMILES string of the molecule is N#Cc1cc(Cl)cc(Cl)c1N. The van der Waals surface area contributed by atoms with E-state index in [1.54, 1.807) is 0 Å². The summed E-state index contributed by atoms with van der Waals surface area (Å²) in [5.74, 6) is 0. The van der Waals surface area contributed by atoms with Crippen LogP contribution in [0.1, 0.15) is 5.56 Å². The summed E-state index contributed by atoms with van der Waals surface area (Å²) in [5, 5.41) is 9.25. The van der Waals surface area contributed by atoms with Gasteiger partial charge < -0.3 is 5.73 Å². The topological polar surface area (TPSA) is 49.8 Å². The molecule has 2 N–H and O–H groups in total. The number of benzene rings is 1. The first kappa shape index (κ1) is 8.19. The van der Waals surface area contributed by atoms with Crippen molar-refractivity contribution in [1.82, 2.24) is 0 Å². The molecule has 0 unspecified atom stereocenters. The Morgan fingerprint density at radius 1 is 1.36 bits per heavy atom. The summed E-state index contributed by atoms with van der Waals surface area (Å²) in [5.41, 5.74) is 6.03. The fraction of sp³-hybridized carbons (Fsp3) is 0. The highest BCUT2D eigenvalue weighted by atomic mass is 35.5. The van der Waals surface area contributed by atoms with E-state index in [1.807, 2.05) is 6.07 Å². The van der Waals surface area contributed by atoms with E-state index < -0.39 is 0 Å². The minimum atomic E-state index is 0.276. The van der Waals surface area contributed by atoms with Crippen LogP contribution in [0.3, 0.4) is 0 Å². The summed E-state index contributed by atoms with van der Waals surface area (Å²) < 4.78 is 0. The summed E-state index contributed by atoms with van der Waals surface area (Å²) in [6, 6.07) is 4.86. The number of nitriles is 1. The van der Waals surface area contributed by atoms with Crippen molar-refractivity contribution in [3.05, 3.63) is 27.7 Å². The van der Waals surface area contributed by atoms with Gasteiger partial charge in [0.05, 0.1) is 16.3 Å². The molecule has 0 atom stereocenters. The number of nitrogens with zero attached hydrogens (tertiary/aromatic N) is 1. The number of nitrogens with two attached hydrogens (primary N) is 1. The van der Waals surface area contributed by atoms with E-state index in [-0.39, 0.29) is 5.69 Å². The van der Waals surface area contributed by atoms with Gasteiger partial charge in [-0.05, 0) is 12.1 Å². The molecule has 1 aromatic rings. The van der Waals surface area contributed by atoms with Crippen molar-refractivity contribution < 1.29 is 0 Å². The van der Waals surface area contributed by atoms with Crippen LogP contribution in [0.2, 0.25) is 10.0 Å². The highest BCUT2D eigenvalue weighted by Crippen LogP contribution is 2.26. The van der Waals surface area contributed by atoms with Gasteiger partial charge in [0.15, 0.2) is 0 Å². The normalized spacial score (nSPS) is 9.18. The molecular formula is C7H4Cl2N2. The van der Waals surface area contributed by atoms with Crippen molar-refractivity contribution in [2.75, 3.05) is 5.73 Å². The van der Waals surface area contributed by atoms with Gasteiger partial charge in [-0.25, -0.2) is 0 Å². The third-order valence-corrected chi connectivity index (χ3v) is 1.75. The molecule has 0 aliphatic heterocycles. The number of hydrogen-bond donors (Lipinski definition) is 1. The van der Waals surface area contributed by atoms with Gasteiger partial charge in [0.2, 0.25) is 0 Å². The van der Waals surface area contributed by atoms with E-state index in [0.29, 0.717) is 15.6 Å². The summed E-state index contributed by atoms with van der Waals surface area (Å²) in [6.45, 7) is 0. The van der Waals surface area contributed by atoms with Crippen LogP contribution in [0.4, 0.5) is 5.69 Å². The lowest BCUT2D eigenvalue weighted by atomic mass is 10.2. The minimum Gasteiger partial charge on any atom is -0.396 e. The van der Waals surface area contributed by atoms with E-state index in [1.165, 1.54) is 12.1 Å². The number of nitrogen functional groups attached to an aromatic ring is 1. The molecule has 0 radical (unpaired) electrons. The Morgan fingerprint density at radius 3 is 2.55 bits per heavy atom. The van der Waals surface area contributed by atoms with Crippen LogP contribution in [0.15, 0.2) is 12.1 Å². The van der Waals surface area contributed by atoms with E-state index >= 15 is 0 Å². The summed E-state index contributed by atoms with van der Waals surface area (Å²) in [4.78, 5) is 0. The Balaban J connectivity index is 3.39. The molecule has 11 heavy (non-hydrogen) atoms. The molecule has 2 nitrogen and oxygen atoms in total. The zero-order valence-corrected chi connectivity index (χ0v) is 6.95. The molecule has 0 spiro atoms. The molecule has 0 saturated carbocycles. The molecule has 0 aliphatic carbocycles. The Morgan fingerprint density at radius 2 is 2.00 bits per heavy atom. The van der Waals surface area contributed by atoms with Crippen molar-refractivity contribution in [3.8, 4) is 6.07 Å². The number of halogens is 2. The van der Waals surface area contributed by atoms with Gasteiger partial charge in [0.1, 0.15) is 6.07 Å². The van der Waals surface area contributed by atoms with E-state index in [9.17, 15) is 0 Å². The van der Waals surface area contributed by atoms with Gasteiger partial charge in [0, 0.05) is 5.02 Å². The lowest BCUT2D eigenvalue weighted by molar-refractivity contribution is 1.48. The molecule has 0 aromatic heterocycles. The van der Waals surface area contributed by atoms with Crippen LogP contribution in [-0.2, 0) is 0 Å². The zero-order chi connectivity index (χ0) is 8.43. The molecule has 0 amide bonds. The van der Waals surface area contributed by atoms with E-state index in [2.05, 4.69) is 0 Å². The quantitative estimate of drug-likeness (QED) is 0.634. The second kappa shape index (κ2) is 3.00. The standard InChI is InChI=1S/C7H4Cl2N2/c8-5-1-4(3-10)7(11)6(9)2-5/h1-2H,11H2. The molecule has 1 rings (SSSR count). The highest BCUT2D eigenvalue weighted by molar-refractivity contribution is 6.36. The number of hydrogen-bond acceptors (Lipinski definition) is 2. The second-order valence-corrected chi connectivity index (χ2v) is 2.80. The monoisotopic (exact) mass is 186 g/mol. The predicted molar refractivity (Wildman–Crippen MR) is 45.6 cm³/mol. The van der Waals surface area contributed by atoms with Gasteiger partial charge in [-0.3, -0.25) is 0 Å². The maximum Gasteiger partial charge on any atom is 0.101 e. The largest absolute Gasteiger partial charge is 0.396 e. The molecule has 1 aromatic carbocycles. The predicted octanol–water partition coefficient (Wildman–Crippen LogP) is 2.45. The van der Waals surface area contributed by atoms with Crippen LogP contribution >= 0.6 is 23.2 Å². The molecule has 4 heteroatoms. The van der Waals surface area contributed by atoms with Gasteiger partial charge >= 0.3 is 0 Å². The molecule has 0 heterocycles. The Labute approximate surface area is 74.1 Å². The summed E-state index contributed by atoms with van der Waals surface area (Å²) >= 11 is 11.2. The highest BCUT2D eigenvalue weighted by Gasteiger charge is 2.03. The van der Waals surface area contributed by atoms with Crippen molar-refractivity contribution in [3.63, 3.8) is 0 Å². The molecule has 0 saturated heterocycles. The van der Waals surface area contributed by atoms with Crippen LogP contribution in [0, 0.1) is 11.3 Å². The van der Waals surface area contributed by atoms with E-state index in [4.69, 9.17) is 34.2 Å². The average molecular weight is 187 g/mol. The van der Waals surface area contributed by atoms with Gasteiger partial charge in [-0.1, -0.05) is 23.2 Å². The third kappa shape index (κ3) is 1.56. The average Bonchev–Trinajstić information content (AvgIpc) is 1.96. The van der Waals surface area contributed by atoms with E-state index in [0.717, 1.165) is 0 Å². The molecule has 56 valence electrons. The maximum absolute atomic E-state index is 8.52. The lowest BCUT2D eigenvalue weighted by Crippen LogP contribution is -1.90. The maximum atomic E-state index is 8.52. The lowest BCUT2D eigenvalue weighted by Gasteiger charge is -1.99. The molecular weight excluding hydrogens is 183 g/mol. The fourth-order valence-corrected chi connectivity index (χ4v) is 1.17. The second-order valence-electron chi connectivity index (χ2n) is 1.96. The van der Waals surface area contributed by atoms with Crippen molar-refractivity contribution >= 4 is 28.9 Å². The van der Waals surface area contributed by atoms with Crippen molar-refractivity contribution in [2.45, 2.75) is 0 Å². The van der Waals surface area contributed by atoms with Crippen molar-refractivity contribution in [2.24, 2.45) is 0 Å². The van der Waals surface area contributed by atoms with Crippen LogP contribution in [-0.4, -0.2) is 0 Å². The van der Waals surface area contributed by atoms with Gasteiger partial charge in [-0.2, -0.15) is 5.26 Å². The smallest absolute Gasteiger partial charge is 0.101 e. The Hall–Kier alpha value is -0.910. The van der Waals surface area contributed by atoms with Gasteiger partial charge in [-0.15, -0.1) is 0 Å². The minimum absolute atomic E-state index is 0.276. The fourth-order valence-electron chi connectivity index (χ4n) is 0.677. The van der Waals surface area contributed by atoms with Gasteiger partial charge in [0.25, 0.3) is 0 Å². The first-order valence-electron chi connectivity index (χ1n) is 2.79. The first-order valence-corrected chi connectivity index (χ1v) is 3.55.